The van der Waals surface area contributed by atoms with Crippen LogP contribution in [0, 0.1) is 10.8 Å². The molecule has 0 aromatic carbocycles. The molecule has 1 aliphatic heterocycles. The summed E-state index contributed by atoms with van der Waals surface area (Å²) in [5.74, 6) is 0. The summed E-state index contributed by atoms with van der Waals surface area (Å²) < 4.78 is 11.8. The molecule has 0 amide bonds. The smallest absolute Gasteiger partial charge is 0.422 e. The second-order valence-corrected chi connectivity index (χ2v) is 8.37. The van der Waals surface area contributed by atoms with Crippen LogP contribution in [-0.2, 0) is 9.47 Å². The Morgan fingerprint density at radius 2 is 2.12 bits per heavy atom. The minimum Gasteiger partial charge on any atom is -0.422 e. The molecule has 0 bridgehead atoms. The number of hydrogen-bond donors (Lipinski definition) is 0. The highest BCUT2D eigenvalue weighted by Crippen LogP contribution is 2.54. The quantitative estimate of drug-likeness (QED) is 0.379. The van der Waals surface area contributed by atoms with Crippen LogP contribution in [0.2, 0.25) is 0 Å². The molecule has 0 aromatic rings. The van der Waals surface area contributed by atoms with Crippen molar-refractivity contribution in [2.75, 3.05) is 0 Å². The number of carbonyl (C=O) groups excluding carboxylic acids is 1. The summed E-state index contributed by atoms with van der Waals surface area (Å²) in [6.07, 6.45) is 12.2. The third-order valence-corrected chi connectivity index (χ3v) is 6.28. The van der Waals surface area contributed by atoms with Crippen LogP contribution in [0.15, 0.2) is 37.0 Å². The Morgan fingerprint density at radius 1 is 1.40 bits per heavy atom. The van der Waals surface area contributed by atoms with Gasteiger partial charge in [-0.3, -0.25) is 0 Å². The number of unbranched alkanes of at least 4 members (excludes halogenated alkanes) is 1. The Kier molecular flexibility index (Phi) is 5.86. The summed E-state index contributed by atoms with van der Waals surface area (Å²) >= 11 is 0. The number of hydrogen-bond acceptors (Lipinski definition) is 3. The lowest BCUT2D eigenvalue weighted by atomic mass is 9.61. The number of cyclic esters (lactones) is 2. The molecule has 1 aliphatic carbocycles. The topological polar surface area (TPSA) is 35.5 Å². The van der Waals surface area contributed by atoms with Crippen molar-refractivity contribution in [2.45, 2.75) is 84.3 Å². The third-order valence-electron chi connectivity index (χ3n) is 6.28. The van der Waals surface area contributed by atoms with Crippen LogP contribution >= 0.6 is 0 Å². The lowest BCUT2D eigenvalue weighted by molar-refractivity contribution is -0.0518. The van der Waals surface area contributed by atoms with E-state index in [1.807, 2.05) is 12.2 Å². The van der Waals surface area contributed by atoms with Crippen LogP contribution in [0.4, 0.5) is 4.79 Å². The van der Waals surface area contributed by atoms with Gasteiger partial charge in [-0.15, -0.1) is 13.2 Å². The molecule has 0 radical (unpaired) electrons. The molecule has 0 N–H and O–H groups in total. The molecule has 3 atom stereocenters. The Bertz CT molecular complexity index is 560. The number of allylic oxidation sites excluding steroid dienone is 2. The van der Waals surface area contributed by atoms with E-state index in [9.17, 15) is 4.79 Å². The second kappa shape index (κ2) is 7.39. The lowest BCUT2D eigenvalue weighted by Gasteiger charge is -2.47. The lowest BCUT2D eigenvalue weighted by Crippen LogP contribution is -2.54. The van der Waals surface area contributed by atoms with Crippen molar-refractivity contribution in [3.63, 3.8) is 0 Å². The van der Waals surface area contributed by atoms with E-state index in [0.717, 1.165) is 44.9 Å². The average molecular weight is 347 g/mol. The average Bonchev–Trinajstić information content (AvgIpc) is 2.91. The minimum atomic E-state index is -0.701. The van der Waals surface area contributed by atoms with Gasteiger partial charge in [-0.05, 0) is 49.5 Å². The third kappa shape index (κ3) is 3.43. The standard InChI is InChI=1S/C22H34O3/c1-7-10-16-22(20(4,5)9-3)18(24-19(23)25-22)17-13-11-12-15-21(17,6)14-8-2/h8-9,13,18H,2-3,7,10-12,14-16H2,1,4-6H3/t18-,21+,22+/m0/s1. The van der Waals surface area contributed by atoms with Crippen molar-refractivity contribution in [3.8, 4) is 0 Å². The zero-order valence-electron chi connectivity index (χ0n) is 16.4. The first kappa shape index (κ1) is 19.8. The van der Waals surface area contributed by atoms with Gasteiger partial charge in [0.25, 0.3) is 0 Å². The second-order valence-electron chi connectivity index (χ2n) is 8.37. The maximum Gasteiger partial charge on any atom is 0.509 e. The highest BCUT2D eigenvalue weighted by Gasteiger charge is 2.61. The molecule has 3 heteroatoms. The van der Waals surface area contributed by atoms with E-state index in [4.69, 9.17) is 9.47 Å². The summed E-state index contributed by atoms with van der Waals surface area (Å²) in [6.45, 7) is 16.6. The van der Waals surface area contributed by atoms with Crippen LogP contribution < -0.4 is 0 Å². The van der Waals surface area contributed by atoms with Gasteiger partial charge in [-0.25, -0.2) is 4.79 Å². The first-order valence-corrected chi connectivity index (χ1v) is 9.61. The van der Waals surface area contributed by atoms with E-state index in [-0.39, 0.29) is 16.9 Å². The van der Waals surface area contributed by atoms with Crippen LogP contribution in [0.1, 0.15) is 72.6 Å². The molecule has 0 aromatic heterocycles. The SMILES string of the molecule is C=CC[C@]1(C)CCCC=C1[C@@H]1OC(=O)O[C@@]1(CCCC)C(C)(C)C=C. The van der Waals surface area contributed by atoms with Crippen molar-refractivity contribution in [2.24, 2.45) is 10.8 Å². The van der Waals surface area contributed by atoms with Crippen molar-refractivity contribution >= 4 is 6.16 Å². The van der Waals surface area contributed by atoms with E-state index in [2.05, 4.69) is 46.9 Å². The molecule has 1 fully saturated rings. The number of carbonyl (C=O) groups is 1. The van der Waals surface area contributed by atoms with Gasteiger partial charge in [0, 0.05) is 5.41 Å². The van der Waals surface area contributed by atoms with Gasteiger partial charge in [0.05, 0.1) is 0 Å². The number of rotatable bonds is 8. The molecule has 140 valence electrons. The molecule has 2 rings (SSSR count). The van der Waals surface area contributed by atoms with Gasteiger partial charge in [0.1, 0.15) is 0 Å². The fraction of sp³-hybridized carbons (Fsp3) is 0.682. The van der Waals surface area contributed by atoms with Gasteiger partial charge in [0.15, 0.2) is 11.7 Å². The molecular formula is C22H34O3. The largest absolute Gasteiger partial charge is 0.509 e. The molecule has 1 saturated heterocycles. The molecule has 3 nitrogen and oxygen atoms in total. The van der Waals surface area contributed by atoms with Gasteiger partial charge >= 0.3 is 6.16 Å². The zero-order chi connectivity index (χ0) is 18.7. The van der Waals surface area contributed by atoms with E-state index < -0.39 is 11.8 Å². The van der Waals surface area contributed by atoms with Crippen molar-refractivity contribution < 1.29 is 14.3 Å². The van der Waals surface area contributed by atoms with Gasteiger partial charge in [-0.2, -0.15) is 0 Å². The first-order chi connectivity index (χ1) is 11.8. The molecule has 1 heterocycles. The monoisotopic (exact) mass is 346 g/mol. The van der Waals surface area contributed by atoms with Crippen molar-refractivity contribution in [1.82, 2.24) is 0 Å². The maximum absolute atomic E-state index is 12.3. The summed E-state index contributed by atoms with van der Waals surface area (Å²) in [5.41, 5.74) is 0.0863. The predicted molar refractivity (Wildman–Crippen MR) is 102 cm³/mol. The van der Waals surface area contributed by atoms with Crippen LogP contribution in [0.25, 0.3) is 0 Å². The van der Waals surface area contributed by atoms with Crippen LogP contribution in [-0.4, -0.2) is 17.9 Å². The molecule has 0 saturated carbocycles. The summed E-state index contributed by atoms with van der Waals surface area (Å²) in [6, 6.07) is 0. The summed E-state index contributed by atoms with van der Waals surface area (Å²) in [4.78, 5) is 12.3. The van der Waals surface area contributed by atoms with Crippen molar-refractivity contribution in [3.05, 3.63) is 37.0 Å². The van der Waals surface area contributed by atoms with E-state index in [1.54, 1.807) is 0 Å². The van der Waals surface area contributed by atoms with E-state index >= 15 is 0 Å². The van der Waals surface area contributed by atoms with E-state index in [1.165, 1.54) is 5.57 Å². The van der Waals surface area contributed by atoms with Gasteiger partial charge in [-0.1, -0.05) is 52.3 Å². The predicted octanol–water partition coefficient (Wildman–Crippen LogP) is 6.36. The van der Waals surface area contributed by atoms with Gasteiger partial charge in [0.2, 0.25) is 0 Å². The molecular weight excluding hydrogens is 312 g/mol. The van der Waals surface area contributed by atoms with Crippen LogP contribution in [0.3, 0.4) is 0 Å². The molecule has 0 spiro atoms. The molecule has 2 aliphatic rings. The van der Waals surface area contributed by atoms with Crippen molar-refractivity contribution in [1.29, 1.82) is 0 Å². The van der Waals surface area contributed by atoms with E-state index in [0.29, 0.717) is 0 Å². The fourth-order valence-corrected chi connectivity index (χ4v) is 4.42. The zero-order valence-corrected chi connectivity index (χ0v) is 16.4. The highest BCUT2D eigenvalue weighted by molar-refractivity contribution is 5.65. The molecule has 0 unspecified atom stereocenters. The molecule has 25 heavy (non-hydrogen) atoms. The number of ether oxygens (including phenoxy) is 2. The minimum absolute atomic E-state index is 0.0344. The normalized spacial score (nSPS) is 32.6. The summed E-state index contributed by atoms with van der Waals surface area (Å²) in [5, 5.41) is 0. The van der Waals surface area contributed by atoms with Crippen LogP contribution in [0.5, 0.6) is 0 Å². The highest BCUT2D eigenvalue weighted by atomic mass is 16.8. The Hall–Kier alpha value is -1.51. The van der Waals surface area contributed by atoms with Gasteiger partial charge < -0.3 is 9.47 Å². The maximum atomic E-state index is 12.3. The fourth-order valence-electron chi connectivity index (χ4n) is 4.42. The Morgan fingerprint density at radius 3 is 2.72 bits per heavy atom. The Labute approximate surface area is 153 Å². The Balaban J connectivity index is 2.54. The summed E-state index contributed by atoms with van der Waals surface area (Å²) in [7, 11) is 0. The first-order valence-electron chi connectivity index (χ1n) is 9.61.